The second-order valence-corrected chi connectivity index (χ2v) is 9.09. The van der Waals surface area contributed by atoms with Crippen LogP contribution in [0, 0.1) is 0 Å². The van der Waals surface area contributed by atoms with Gasteiger partial charge in [0.15, 0.2) is 5.79 Å². The largest absolute Gasteiger partial charge is 0.598 e. The smallest absolute Gasteiger partial charge is 0.163 e. The molecule has 130 valence electrons. The predicted octanol–water partition coefficient (Wildman–Crippen LogP) is 1.69. The van der Waals surface area contributed by atoms with Crippen LogP contribution >= 0.6 is 0 Å². The van der Waals surface area contributed by atoms with Crippen LogP contribution in [0.3, 0.4) is 0 Å². The average molecular weight is 342 g/mol. The highest BCUT2D eigenvalue weighted by Crippen LogP contribution is 2.30. The summed E-state index contributed by atoms with van der Waals surface area (Å²) in [6.45, 7) is 9.56. The Hall–Kier alpha value is -0.700. The van der Waals surface area contributed by atoms with E-state index in [1.54, 1.807) is 24.4 Å². The van der Waals surface area contributed by atoms with Crippen molar-refractivity contribution in [2.45, 2.75) is 63.4 Å². The van der Waals surface area contributed by atoms with Crippen molar-refractivity contribution in [1.82, 2.24) is 9.71 Å². The number of nitrogens with one attached hydrogen (secondary N) is 1. The Bertz CT molecular complexity index is 507. The molecule has 2 N–H and O–H groups in total. The quantitative estimate of drug-likeness (QED) is 0.792. The van der Waals surface area contributed by atoms with Gasteiger partial charge in [-0.05, 0) is 46.8 Å². The van der Waals surface area contributed by atoms with Crippen molar-refractivity contribution in [3.63, 3.8) is 0 Å². The van der Waals surface area contributed by atoms with Crippen LogP contribution in [0.4, 0.5) is 0 Å². The fourth-order valence-corrected chi connectivity index (χ4v) is 3.15. The molecule has 0 radical (unpaired) electrons. The topological polar surface area (TPSA) is 86.7 Å². The molecule has 1 aliphatic rings. The van der Waals surface area contributed by atoms with E-state index in [4.69, 9.17) is 9.47 Å². The molecule has 6 nitrogen and oxygen atoms in total. The first kappa shape index (κ1) is 18.6. The van der Waals surface area contributed by atoms with Crippen LogP contribution in [0.15, 0.2) is 24.4 Å². The van der Waals surface area contributed by atoms with Crippen LogP contribution < -0.4 is 4.72 Å². The van der Waals surface area contributed by atoms with Gasteiger partial charge < -0.3 is 19.1 Å². The van der Waals surface area contributed by atoms with Crippen molar-refractivity contribution < 1.29 is 19.1 Å². The molecule has 0 bridgehead atoms. The molecule has 1 aliphatic heterocycles. The van der Waals surface area contributed by atoms with Crippen LogP contribution in [0.5, 0.6) is 0 Å². The third-order valence-electron chi connectivity index (χ3n) is 3.56. The summed E-state index contributed by atoms with van der Waals surface area (Å²) in [6.07, 6.45) is 0.241. The standard InChI is InChI=1S/C16H26N2O4S/c1-15(2,3)23(20)18-13(12-10-21-16(4,5)22-12)14(19)11-8-6-7-9-17-11/h6-9,12-14,18-19H,10H2,1-5H3/t12-,13+,14?,23-/m1/s1. The van der Waals surface area contributed by atoms with Crippen molar-refractivity contribution in [2.24, 2.45) is 0 Å². The van der Waals surface area contributed by atoms with E-state index in [1.165, 1.54) is 0 Å². The van der Waals surface area contributed by atoms with Crippen LogP contribution in [-0.4, -0.2) is 43.9 Å². The van der Waals surface area contributed by atoms with Gasteiger partial charge >= 0.3 is 0 Å². The highest BCUT2D eigenvalue weighted by atomic mass is 32.2. The summed E-state index contributed by atoms with van der Waals surface area (Å²) in [5.74, 6) is -0.725. The normalized spacial score (nSPS) is 25.1. The van der Waals surface area contributed by atoms with Crippen molar-refractivity contribution in [3.8, 4) is 0 Å². The number of ether oxygens (including phenoxy) is 2. The van der Waals surface area contributed by atoms with E-state index in [0.717, 1.165) is 0 Å². The van der Waals surface area contributed by atoms with Gasteiger partial charge in [-0.15, -0.1) is 4.72 Å². The lowest BCUT2D eigenvalue weighted by molar-refractivity contribution is -0.144. The molecule has 23 heavy (non-hydrogen) atoms. The van der Waals surface area contributed by atoms with E-state index < -0.39 is 40.1 Å². The second kappa shape index (κ2) is 7.04. The van der Waals surface area contributed by atoms with E-state index in [0.29, 0.717) is 12.3 Å². The molecule has 1 aromatic rings. The van der Waals surface area contributed by atoms with Crippen LogP contribution in [0.1, 0.15) is 46.4 Å². The van der Waals surface area contributed by atoms with Gasteiger partial charge in [-0.2, -0.15) is 0 Å². The van der Waals surface area contributed by atoms with Gasteiger partial charge in [-0.25, -0.2) is 0 Å². The number of aliphatic hydroxyl groups excluding tert-OH is 1. The maximum Gasteiger partial charge on any atom is 0.163 e. The molecule has 0 aliphatic carbocycles. The lowest BCUT2D eigenvalue weighted by atomic mass is 10.0. The van der Waals surface area contributed by atoms with Gasteiger partial charge in [0.05, 0.1) is 12.3 Å². The Labute approximate surface area is 140 Å². The number of nitrogens with zero attached hydrogens (tertiary/aromatic N) is 1. The number of rotatable bonds is 5. The molecule has 2 rings (SSSR count). The molecular formula is C16H26N2O4S. The van der Waals surface area contributed by atoms with E-state index in [-0.39, 0.29) is 0 Å². The second-order valence-electron chi connectivity index (χ2n) is 7.09. The maximum absolute atomic E-state index is 12.5. The van der Waals surface area contributed by atoms with E-state index in [9.17, 15) is 9.66 Å². The Balaban J connectivity index is 2.21. The Morgan fingerprint density at radius 3 is 2.61 bits per heavy atom. The summed E-state index contributed by atoms with van der Waals surface area (Å²) in [4.78, 5) is 4.19. The minimum atomic E-state index is -1.36. The Morgan fingerprint density at radius 1 is 1.43 bits per heavy atom. The van der Waals surface area contributed by atoms with Crippen molar-refractivity contribution in [3.05, 3.63) is 30.1 Å². The van der Waals surface area contributed by atoms with E-state index >= 15 is 0 Å². The molecule has 0 amide bonds. The van der Waals surface area contributed by atoms with Crippen LogP contribution in [0.25, 0.3) is 0 Å². The van der Waals surface area contributed by atoms with Gasteiger partial charge in [0.2, 0.25) is 0 Å². The van der Waals surface area contributed by atoms with Gasteiger partial charge in [-0.1, -0.05) is 6.07 Å². The van der Waals surface area contributed by atoms with Crippen molar-refractivity contribution in [2.75, 3.05) is 6.61 Å². The summed E-state index contributed by atoms with van der Waals surface area (Å²) in [6, 6.07) is 4.73. The lowest BCUT2D eigenvalue weighted by Crippen LogP contribution is -2.53. The molecule has 7 heteroatoms. The highest BCUT2D eigenvalue weighted by Gasteiger charge is 2.44. The zero-order chi connectivity index (χ0) is 17.3. The minimum Gasteiger partial charge on any atom is -0.598 e. The first-order chi connectivity index (χ1) is 10.6. The first-order valence-corrected chi connectivity index (χ1v) is 8.84. The summed E-state index contributed by atoms with van der Waals surface area (Å²) in [5.41, 5.74) is 0.504. The monoisotopic (exact) mass is 342 g/mol. The van der Waals surface area contributed by atoms with Gasteiger partial charge in [0, 0.05) is 17.6 Å². The molecule has 1 unspecified atom stereocenters. The Kier molecular flexibility index (Phi) is 5.71. The number of hydrogen-bond donors (Lipinski definition) is 2. The summed E-state index contributed by atoms with van der Waals surface area (Å²) in [5, 5.41) is 10.7. The molecule has 0 saturated carbocycles. The summed E-state index contributed by atoms with van der Waals surface area (Å²) >= 11 is -1.36. The summed E-state index contributed by atoms with van der Waals surface area (Å²) < 4.78 is 26.5. The number of hydrogen-bond acceptors (Lipinski definition) is 6. The van der Waals surface area contributed by atoms with Gasteiger partial charge in [0.1, 0.15) is 23.0 Å². The lowest BCUT2D eigenvalue weighted by Gasteiger charge is -2.32. The third-order valence-corrected chi connectivity index (χ3v) is 5.16. The molecule has 2 heterocycles. The fourth-order valence-electron chi connectivity index (χ4n) is 2.27. The molecule has 1 fully saturated rings. The number of aromatic nitrogens is 1. The van der Waals surface area contributed by atoms with E-state index in [1.807, 2.05) is 34.6 Å². The molecule has 0 aromatic carbocycles. The molecular weight excluding hydrogens is 316 g/mol. The number of pyridine rings is 1. The zero-order valence-corrected chi connectivity index (χ0v) is 15.1. The first-order valence-electron chi connectivity index (χ1n) is 7.69. The Morgan fingerprint density at radius 2 is 2.13 bits per heavy atom. The highest BCUT2D eigenvalue weighted by molar-refractivity contribution is 7.90. The predicted molar refractivity (Wildman–Crippen MR) is 88.9 cm³/mol. The zero-order valence-electron chi connectivity index (χ0n) is 14.3. The van der Waals surface area contributed by atoms with E-state index in [2.05, 4.69) is 9.71 Å². The van der Waals surface area contributed by atoms with Crippen LogP contribution in [0.2, 0.25) is 0 Å². The minimum absolute atomic E-state index is 0.315. The van der Waals surface area contributed by atoms with Crippen LogP contribution in [-0.2, 0) is 20.8 Å². The SMILES string of the molecule is CC1(C)OC[C@H]([C@H](N[S@+]([O-])C(C)(C)C)C(O)c2ccccn2)O1. The van der Waals surface area contributed by atoms with Crippen molar-refractivity contribution >= 4 is 11.4 Å². The molecule has 4 atom stereocenters. The van der Waals surface area contributed by atoms with Gasteiger partial charge in [0.25, 0.3) is 0 Å². The third kappa shape index (κ3) is 4.89. The maximum atomic E-state index is 12.5. The van der Waals surface area contributed by atoms with Crippen molar-refractivity contribution in [1.29, 1.82) is 0 Å². The number of aliphatic hydroxyl groups is 1. The molecule has 0 spiro atoms. The molecule has 1 aromatic heterocycles. The average Bonchev–Trinajstić information content (AvgIpc) is 2.83. The summed E-state index contributed by atoms with van der Waals surface area (Å²) in [7, 11) is 0. The van der Waals surface area contributed by atoms with Gasteiger partial charge in [-0.3, -0.25) is 4.98 Å². The molecule has 1 saturated heterocycles. The fraction of sp³-hybridized carbons (Fsp3) is 0.688.